The van der Waals surface area contributed by atoms with Crippen molar-refractivity contribution in [1.29, 1.82) is 0 Å². The van der Waals surface area contributed by atoms with Gasteiger partial charge in [-0.2, -0.15) is 0 Å². The highest BCUT2D eigenvalue weighted by Gasteiger charge is 2.22. The lowest BCUT2D eigenvalue weighted by Crippen LogP contribution is -2.23. The van der Waals surface area contributed by atoms with Gasteiger partial charge in [0.2, 0.25) is 5.91 Å². The molecule has 1 amide bonds. The van der Waals surface area contributed by atoms with Crippen LogP contribution < -0.4 is 11.1 Å². The molecular formula is C13H18N2OS. The Hall–Kier alpha value is -1.00. The number of thioether (sulfide) groups is 1. The van der Waals surface area contributed by atoms with Gasteiger partial charge in [-0.1, -0.05) is 19.9 Å². The lowest BCUT2D eigenvalue weighted by Gasteiger charge is -2.26. The van der Waals surface area contributed by atoms with Crippen molar-refractivity contribution in [2.24, 2.45) is 5.73 Å². The van der Waals surface area contributed by atoms with Gasteiger partial charge in [0.25, 0.3) is 0 Å². The summed E-state index contributed by atoms with van der Waals surface area (Å²) in [6, 6.07) is 6.25. The van der Waals surface area contributed by atoms with E-state index in [1.165, 1.54) is 5.56 Å². The van der Waals surface area contributed by atoms with Crippen molar-refractivity contribution >= 4 is 23.4 Å². The molecule has 2 rings (SSSR count). The molecule has 0 aliphatic carbocycles. The molecule has 0 aromatic heterocycles. The highest BCUT2D eigenvalue weighted by atomic mass is 32.2. The Labute approximate surface area is 106 Å². The summed E-state index contributed by atoms with van der Waals surface area (Å²) in [5.41, 5.74) is 7.95. The monoisotopic (exact) mass is 250 g/mol. The van der Waals surface area contributed by atoms with Gasteiger partial charge < -0.3 is 11.1 Å². The van der Waals surface area contributed by atoms with Crippen LogP contribution in [0.1, 0.15) is 25.8 Å². The van der Waals surface area contributed by atoms with Crippen LogP contribution in [0.25, 0.3) is 0 Å². The van der Waals surface area contributed by atoms with Gasteiger partial charge in [-0.05, 0) is 36.1 Å². The summed E-state index contributed by atoms with van der Waals surface area (Å²) >= 11 is 1.60. The molecule has 0 radical (unpaired) electrons. The molecule has 0 saturated heterocycles. The summed E-state index contributed by atoms with van der Waals surface area (Å²) in [5.74, 6) is 0.588. The van der Waals surface area contributed by atoms with E-state index < -0.39 is 0 Å². The summed E-state index contributed by atoms with van der Waals surface area (Å²) in [6.45, 7) is 5.09. The quantitative estimate of drug-likeness (QED) is 0.866. The molecule has 0 atom stereocenters. The number of anilines is 1. The van der Waals surface area contributed by atoms with E-state index in [9.17, 15) is 4.79 Å². The summed E-state index contributed by atoms with van der Waals surface area (Å²) in [6.07, 6.45) is 0.961. The SMILES string of the molecule is CC(C)(CCN)c1ccc2c(c1)SCC(=O)N2. The van der Waals surface area contributed by atoms with Crippen molar-refractivity contribution in [3.8, 4) is 0 Å². The molecule has 0 saturated carbocycles. The van der Waals surface area contributed by atoms with Crippen LogP contribution in [0.3, 0.4) is 0 Å². The minimum Gasteiger partial charge on any atom is -0.330 e. The number of carbonyl (C=O) groups excluding carboxylic acids is 1. The van der Waals surface area contributed by atoms with Gasteiger partial charge >= 0.3 is 0 Å². The minimum atomic E-state index is 0.0801. The standard InChI is InChI=1S/C13H18N2OS/c1-13(2,5-6-14)9-3-4-10-11(7-9)17-8-12(16)15-10/h3-4,7H,5-6,8,14H2,1-2H3,(H,15,16). The molecule has 1 aliphatic rings. The number of hydrogen-bond donors (Lipinski definition) is 2. The molecule has 3 nitrogen and oxygen atoms in total. The first-order valence-electron chi connectivity index (χ1n) is 5.80. The second-order valence-corrected chi connectivity index (χ2v) is 5.99. The summed E-state index contributed by atoms with van der Waals surface area (Å²) in [7, 11) is 0. The van der Waals surface area contributed by atoms with Crippen molar-refractivity contribution in [1.82, 2.24) is 0 Å². The zero-order chi connectivity index (χ0) is 12.5. The fraction of sp³-hybridized carbons (Fsp3) is 0.462. The molecule has 0 unspecified atom stereocenters. The molecule has 1 aromatic carbocycles. The Morgan fingerprint density at radius 1 is 1.47 bits per heavy atom. The molecule has 3 N–H and O–H groups in total. The van der Waals surface area contributed by atoms with Crippen LogP contribution in [0, 0.1) is 0 Å². The number of nitrogens with one attached hydrogen (secondary N) is 1. The van der Waals surface area contributed by atoms with E-state index in [1.807, 2.05) is 6.07 Å². The molecule has 92 valence electrons. The van der Waals surface area contributed by atoms with Gasteiger partial charge in [-0.25, -0.2) is 0 Å². The molecular weight excluding hydrogens is 232 g/mol. The van der Waals surface area contributed by atoms with Crippen LogP contribution >= 0.6 is 11.8 Å². The molecule has 17 heavy (non-hydrogen) atoms. The Bertz CT molecular complexity index is 443. The maximum absolute atomic E-state index is 11.3. The first-order valence-corrected chi connectivity index (χ1v) is 6.79. The third-order valence-corrected chi connectivity index (χ3v) is 4.22. The van der Waals surface area contributed by atoms with Crippen molar-refractivity contribution in [2.75, 3.05) is 17.6 Å². The maximum Gasteiger partial charge on any atom is 0.234 e. The van der Waals surface area contributed by atoms with E-state index >= 15 is 0 Å². The molecule has 4 heteroatoms. The van der Waals surface area contributed by atoms with Crippen LogP contribution in [0.2, 0.25) is 0 Å². The number of nitrogens with two attached hydrogens (primary N) is 1. The Kier molecular flexibility index (Phi) is 3.45. The Morgan fingerprint density at radius 3 is 2.94 bits per heavy atom. The number of benzene rings is 1. The van der Waals surface area contributed by atoms with Gasteiger partial charge in [-0.3, -0.25) is 4.79 Å². The number of carbonyl (C=O) groups is 1. The number of rotatable bonds is 3. The number of amides is 1. The summed E-state index contributed by atoms with van der Waals surface area (Å²) in [4.78, 5) is 12.4. The highest BCUT2D eigenvalue weighted by Crippen LogP contribution is 2.36. The average molecular weight is 250 g/mol. The lowest BCUT2D eigenvalue weighted by atomic mass is 9.81. The summed E-state index contributed by atoms with van der Waals surface area (Å²) < 4.78 is 0. The van der Waals surface area contributed by atoms with E-state index in [0.29, 0.717) is 12.3 Å². The topological polar surface area (TPSA) is 55.1 Å². The number of fused-ring (bicyclic) bond motifs is 1. The molecule has 0 bridgehead atoms. The second kappa shape index (κ2) is 4.70. The van der Waals surface area contributed by atoms with Crippen LogP contribution in [0.5, 0.6) is 0 Å². The normalized spacial score (nSPS) is 15.4. The molecule has 1 aromatic rings. The van der Waals surface area contributed by atoms with E-state index in [-0.39, 0.29) is 11.3 Å². The Balaban J connectivity index is 2.30. The summed E-state index contributed by atoms with van der Waals surface area (Å²) in [5, 5.41) is 2.89. The maximum atomic E-state index is 11.3. The van der Waals surface area contributed by atoms with Crippen LogP contribution in [-0.2, 0) is 10.2 Å². The third kappa shape index (κ3) is 2.64. The van der Waals surface area contributed by atoms with Gasteiger partial charge in [0.15, 0.2) is 0 Å². The first kappa shape index (κ1) is 12.5. The third-order valence-electron chi connectivity index (χ3n) is 3.17. The van der Waals surface area contributed by atoms with Gasteiger partial charge in [0.05, 0.1) is 11.4 Å². The first-order chi connectivity index (χ1) is 8.03. The number of hydrogen-bond acceptors (Lipinski definition) is 3. The predicted octanol–water partition coefficient (Wildman–Crippen LogP) is 2.36. The van der Waals surface area contributed by atoms with Crippen LogP contribution in [-0.4, -0.2) is 18.2 Å². The minimum absolute atomic E-state index is 0.0801. The molecule has 0 spiro atoms. The fourth-order valence-corrected chi connectivity index (χ4v) is 2.84. The van der Waals surface area contributed by atoms with Crippen molar-refractivity contribution < 1.29 is 4.79 Å². The molecule has 0 fully saturated rings. The van der Waals surface area contributed by atoms with Gasteiger partial charge in [-0.15, -0.1) is 11.8 Å². The molecule has 1 aliphatic heterocycles. The van der Waals surface area contributed by atoms with Gasteiger partial charge in [0.1, 0.15) is 0 Å². The van der Waals surface area contributed by atoms with E-state index in [0.717, 1.165) is 17.0 Å². The van der Waals surface area contributed by atoms with E-state index in [2.05, 4.69) is 31.3 Å². The highest BCUT2D eigenvalue weighted by molar-refractivity contribution is 8.00. The molecule has 1 heterocycles. The Morgan fingerprint density at radius 2 is 2.24 bits per heavy atom. The second-order valence-electron chi connectivity index (χ2n) is 4.97. The van der Waals surface area contributed by atoms with E-state index in [4.69, 9.17) is 5.73 Å². The fourth-order valence-electron chi connectivity index (χ4n) is 2.00. The van der Waals surface area contributed by atoms with Crippen molar-refractivity contribution in [3.05, 3.63) is 23.8 Å². The largest absolute Gasteiger partial charge is 0.330 e. The average Bonchev–Trinajstić information content (AvgIpc) is 2.28. The zero-order valence-electron chi connectivity index (χ0n) is 10.2. The zero-order valence-corrected chi connectivity index (χ0v) is 11.1. The van der Waals surface area contributed by atoms with Crippen molar-refractivity contribution in [2.45, 2.75) is 30.6 Å². The lowest BCUT2D eigenvalue weighted by molar-refractivity contribution is -0.113. The predicted molar refractivity (Wildman–Crippen MR) is 72.5 cm³/mol. The van der Waals surface area contributed by atoms with Crippen molar-refractivity contribution in [3.63, 3.8) is 0 Å². The van der Waals surface area contributed by atoms with Crippen LogP contribution in [0.4, 0.5) is 5.69 Å². The smallest absolute Gasteiger partial charge is 0.234 e. The van der Waals surface area contributed by atoms with E-state index in [1.54, 1.807) is 11.8 Å². The van der Waals surface area contributed by atoms with Crippen LogP contribution in [0.15, 0.2) is 23.1 Å². The van der Waals surface area contributed by atoms with Gasteiger partial charge in [0, 0.05) is 4.90 Å².